The fourth-order valence-electron chi connectivity index (χ4n) is 3.59. The van der Waals surface area contributed by atoms with E-state index in [-0.39, 0.29) is 12.4 Å². The summed E-state index contributed by atoms with van der Waals surface area (Å²) >= 11 is 0. The van der Waals surface area contributed by atoms with Crippen molar-refractivity contribution in [3.05, 3.63) is 18.2 Å². The maximum Gasteiger partial charge on any atom is 0.105 e. The van der Waals surface area contributed by atoms with E-state index in [1.807, 2.05) is 6.20 Å². The normalized spacial score (nSPS) is 29.3. The maximum atomic E-state index is 5.62. The van der Waals surface area contributed by atoms with Crippen LogP contribution in [0.5, 0.6) is 0 Å². The minimum Gasteiger partial charge on any atom is -0.379 e. The average Bonchev–Trinajstić information content (AvgIpc) is 3.10. The van der Waals surface area contributed by atoms with Crippen molar-refractivity contribution in [2.24, 2.45) is 5.92 Å². The lowest BCUT2D eigenvalue weighted by molar-refractivity contribution is 0.0525. The molecule has 0 aromatic carbocycles. The number of nitrogens with one attached hydrogen (secondary N) is 2. The largest absolute Gasteiger partial charge is 0.379 e. The molecule has 1 saturated heterocycles. The van der Waals surface area contributed by atoms with Gasteiger partial charge < -0.3 is 19.9 Å². The highest BCUT2D eigenvalue weighted by molar-refractivity contribution is 5.85. The summed E-state index contributed by atoms with van der Waals surface area (Å²) in [6.45, 7) is 6.82. The van der Waals surface area contributed by atoms with Crippen molar-refractivity contribution < 1.29 is 4.74 Å². The summed E-state index contributed by atoms with van der Waals surface area (Å²) in [6.07, 6.45) is 7.88. The van der Waals surface area contributed by atoms with Gasteiger partial charge in [0, 0.05) is 44.1 Å². The topological polar surface area (TPSA) is 51.1 Å². The number of nitrogens with zero attached hydrogens (tertiary/aromatic N) is 2. The molecule has 21 heavy (non-hydrogen) atoms. The maximum absolute atomic E-state index is 5.62. The van der Waals surface area contributed by atoms with Crippen molar-refractivity contribution in [2.45, 2.75) is 44.8 Å². The van der Waals surface area contributed by atoms with Crippen molar-refractivity contribution in [3.8, 4) is 0 Å². The number of hydrogen-bond acceptors (Lipinski definition) is 4. The highest BCUT2D eigenvalue weighted by Gasteiger charge is 2.34. The Morgan fingerprint density at radius 1 is 1.48 bits per heavy atom. The van der Waals surface area contributed by atoms with Crippen LogP contribution in [-0.2, 0) is 11.3 Å². The monoisotopic (exact) mass is 314 g/mol. The summed E-state index contributed by atoms with van der Waals surface area (Å²) in [5.41, 5.74) is 0. The molecule has 1 aliphatic carbocycles. The Morgan fingerprint density at radius 2 is 2.38 bits per heavy atom. The van der Waals surface area contributed by atoms with E-state index in [1.54, 1.807) is 0 Å². The first-order valence-corrected chi connectivity index (χ1v) is 7.87. The number of aryl methyl sites for hydroxylation is 1. The van der Waals surface area contributed by atoms with Gasteiger partial charge in [-0.05, 0) is 25.7 Å². The molecule has 0 bridgehead atoms. The summed E-state index contributed by atoms with van der Waals surface area (Å²) in [5.74, 6) is 1.82. The van der Waals surface area contributed by atoms with E-state index in [4.69, 9.17) is 4.74 Å². The number of aromatic nitrogens is 2. The Kier molecular flexibility index (Phi) is 6.48. The predicted octanol–water partition coefficient (Wildman–Crippen LogP) is 1.36. The third kappa shape index (κ3) is 4.19. The third-order valence-corrected chi connectivity index (χ3v) is 4.72. The molecule has 1 aliphatic heterocycles. The van der Waals surface area contributed by atoms with E-state index in [0.717, 1.165) is 44.6 Å². The van der Waals surface area contributed by atoms with Gasteiger partial charge >= 0.3 is 0 Å². The second-order valence-corrected chi connectivity index (χ2v) is 5.96. The van der Waals surface area contributed by atoms with E-state index in [9.17, 15) is 0 Å². The van der Waals surface area contributed by atoms with Crippen LogP contribution >= 0.6 is 12.4 Å². The number of rotatable bonds is 5. The Hall–Kier alpha value is -0.620. The zero-order chi connectivity index (χ0) is 13.8. The molecule has 5 nitrogen and oxygen atoms in total. The van der Waals surface area contributed by atoms with Gasteiger partial charge in [0.2, 0.25) is 0 Å². The molecular weight excluding hydrogens is 288 g/mol. The third-order valence-electron chi connectivity index (χ3n) is 4.72. The lowest BCUT2D eigenvalue weighted by Crippen LogP contribution is -2.51. The Morgan fingerprint density at radius 3 is 3.10 bits per heavy atom. The molecule has 1 aromatic heterocycles. The predicted molar refractivity (Wildman–Crippen MR) is 86.0 cm³/mol. The van der Waals surface area contributed by atoms with Gasteiger partial charge in [-0.15, -0.1) is 12.4 Å². The smallest absolute Gasteiger partial charge is 0.105 e. The van der Waals surface area contributed by atoms with Gasteiger partial charge in [-0.1, -0.05) is 6.42 Å². The van der Waals surface area contributed by atoms with Gasteiger partial charge in [-0.3, -0.25) is 0 Å². The van der Waals surface area contributed by atoms with Crippen molar-refractivity contribution in [2.75, 3.05) is 26.3 Å². The van der Waals surface area contributed by atoms with Crippen LogP contribution in [0.25, 0.3) is 0 Å². The van der Waals surface area contributed by atoms with E-state index in [1.165, 1.54) is 19.3 Å². The number of morpholine rings is 1. The van der Waals surface area contributed by atoms with Crippen LogP contribution in [0.1, 0.15) is 25.1 Å². The van der Waals surface area contributed by atoms with Gasteiger partial charge in [0.25, 0.3) is 0 Å². The van der Waals surface area contributed by atoms with Crippen LogP contribution < -0.4 is 10.6 Å². The van der Waals surface area contributed by atoms with Crippen LogP contribution in [0, 0.1) is 12.8 Å². The second-order valence-electron chi connectivity index (χ2n) is 5.96. The standard InChI is InChI=1S/C15H26N4O.ClH/c1-12-16-5-8-19(12)9-6-17-14-4-2-3-13(14)15-11-20-10-7-18-15;/h5,8,13-15,17-18H,2-4,6-7,9-11H2,1H3;1H. The highest BCUT2D eigenvalue weighted by atomic mass is 35.5. The van der Waals surface area contributed by atoms with Crippen LogP contribution in [0.15, 0.2) is 12.4 Å². The molecule has 0 radical (unpaired) electrons. The van der Waals surface area contributed by atoms with Gasteiger partial charge in [-0.2, -0.15) is 0 Å². The van der Waals surface area contributed by atoms with Crippen molar-refractivity contribution in [1.29, 1.82) is 0 Å². The zero-order valence-electron chi connectivity index (χ0n) is 12.8. The molecule has 0 spiro atoms. The van der Waals surface area contributed by atoms with E-state index >= 15 is 0 Å². The molecule has 120 valence electrons. The molecule has 3 atom stereocenters. The van der Waals surface area contributed by atoms with Gasteiger partial charge in [0.1, 0.15) is 5.82 Å². The van der Waals surface area contributed by atoms with Crippen molar-refractivity contribution >= 4 is 12.4 Å². The van der Waals surface area contributed by atoms with Crippen molar-refractivity contribution in [3.63, 3.8) is 0 Å². The summed E-state index contributed by atoms with van der Waals surface area (Å²) in [4.78, 5) is 4.26. The molecule has 1 aromatic rings. The fourth-order valence-corrected chi connectivity index (χ4v) is 3.59. The van der Waals surface area contributed by atoms with E-state index in [2.05, 4.69) is 33.3 Å². The molecule has 1 saturated carbocycles. The van der Waals surface area contributed by atoms with Gasteiger partial charge in [0.05, 0.1) is 13.2 Å². The molecule has 3 rings (SSSR count). The zero-order valence-corrected chi connectivity index (χ0v) is 13.6. The molecule has 6 heteroatoms. The van der Waals surface area contributed by atoms with Crippen LogP contribution in [-0.4, -0.2) is 47.9 Å². The lowest BCUT2D eigenvalue weighted by Gasteiger charge is -2.33. The molecule has 3 unspecified atom stereocenters. The quantitative estimate of drug-likeness (QED) is 0.861. The number of hydrogen-bond donors (Lipinski definition) is 2. The fraction of sp³-hybridized carbons (Fsp3) is 0.800. The highest BCUT2D eigenvalue weighted by Crippen LogP contribution is 2.29. The Bertz CT molecular complexity index is 420. The molecular formula is C15H27ClN4O. The van der Waals surface area contributed by atoms with Crippen molar-refractivity contribution in [1.82, 2.24) is 20.2 Å². The minimum absolute atomic E-state index is 0. The SMILES string of the molecule is Cc1nccn1CCNC1CCCC1C1COCCN1.Cl. The van der Waals surface area contributed by atoms with Crippen LogP contribution in [0.3, 0.4) is 0 Å². The molecule has 2 N–H and O–H groups in total. The first-order valence-electron chi connectivity index (χ1n) is 7.87. The molecule has 0 amide bonds. The minimum atomic E-state index is 0. The van der Waals surface area contributed by atoms with E-state index < -0.39 is 0 Å². The van der Waals surface area contributed by atoms with Gasteiger partial charge in [-0.25, -0.2) is 4.98 Å². The average molecular weight is 315 g/mol. The Balaban J connectivity index is 0.00000161. The Labute approximate surface area is 133 Å². The number of imidazole rings is 1. The number of ether oxygens (including phenoxy) is 1. The summed E-state index contributed by atoms with van der Waals surface area (Å²) in [7, 11) is 0. The first-order chi connectivity index (χ1) is 9.84. The summed E-state index contributed by atoms with van der Waals surface area (Å²) in [6, 6.07) is 1.18. The molecule has 2 aliphatic rings. The van der Waals surface area contributed by atoms with Crippen LogP contribution in [0.2, 0.25) is 0 Å². The van der Waals surface area contributed by atoms with Crippen LogP contribution in [0.4, 0.5) is 0 Å². The van der Waals surface area contributed by atoms with E-state index in [0.29, 0.717) is 12.1 Å². The molecule has 2 heterocycles. The first kappa shape index (κ1) is 16.7. The van der Waals surface area contributed by atoms with Gasteiger partial charge in [0.15, 0.2) is 0 Å². The number of halogens is 1. The summed E-state index contributed by atoms with van der Waals surface area (Å²) < 4.78 is 7.83. The molecule has 2 fully saturated rings. The lowest BCUT2D eigenvalue weighted by atomic mass is 9.94. The second kappa shape index (κ2) is 8.13. The summed E-state index contributed by atoms with van der Waals surface area (Å²) in [5, 5.41) is 7.37.